The highest BCUT2D eigenvalue weighted by atomic mass is 28.4. The SMILES string of the molecule is CCC[Si](CCC)(CCC)OCC(CO[Si](CCC)(CCC)CCC)O[Si](CCC)(CCC)CCC. The van der Waals surface area contributed by atoms with Gasteiger partial charge >= 0.3 is 0 Å². The molecule has 0 aliphatic rings. The largest absolute Gasteiger partial charge is 0.414 e. The molecule has 0 radical (unpaired) electrons. The molecular formula is C30H68O3Si3. The maximum absolute atomic E-state index is 7.35. The quantitative estimate of drug-likeness (QED) is 0.0984. The lowest BCUT2D eigenvalue weighted by molar-refractivity contribution is 0.0627. The van der Waals surface area contributed by atoms with Gasteiger partial charge < -0.3 is 13.3 Å². The third-order valence-electron chi connectivity index (χ3n) is 7.92. The van der Waals surface area contributed by atoms with E-state index in [9.17, 15) is 0 Å². The predicted octanol–water partition coefficient (Wildman–Crippen LogP) is 10.9. The van der Waals surface area contributed by atoms with Crippen LogP contribution in [-0.2, 0) is 13.3 Å². The van der Waals surface area contributed by atoms with E-state index in [-0.39, 0.29) is 6.10 Å². The minimum atomic E-state index is -1.79. The van der Waals surface area contributed by atoms with Gasteiger partial charge in [0.2, 0.25) is 0 Å². The Morgan fingerprint density at radius 3 is 0.806 bits per heavy atom. The summed E-state index contributed by atoms with van der Waals surface area (Å²) >= 11 is 0. The van der Waals surface area contributed by atoms with E-state index in [0.717, 1.165) is 13.2 Å². The van der Waals surface area contributed by atoms with Crippen LogP contribution in [0.3, 0.4) is 0 Å². The minimum absolute atomic E-state index is 0.121. The molecule has 0 atom stereocenters. The van der Waals surface area contributed by atoms with Crippen molar-refractivity contribution in [2.75, 3.05) is 13.2 Å². The maximum atomic E-state index is 7.35. The van der Waals surface area contributed by atoms with E-state index in [1.54, 1.807) is 0 Å². The van der Waals surface area contributed by atoms with E-state index < -0.39 is 25.0 Å². The first kappa shape index (κ1) is 36.5. The van der Waals surface area contributed by atoms with Crippen molar-refractivity contribution in [1.29, 1.82) is 0 Å². The summed E-state index contributed by atoms with van der Waals surface area (Å²) in [5.74, 6) is 0. The first-order valence-electron chi connectivity index (χ1n) is 16.3. The van der Waals surface area contributed by atoms with Gasteiger partial charge in [-0.1, -0.05) is 120 Å². The summed E-state index contributed by atoms with van der Waals surface area (Å²) in [5.41, 5.74) is 0. The Morgan fingerprint density at radius 1 is 0.361 bits per heavy atom. The highest BCUT2D eigenvalue weighted by Gasteiger charge is 2.39. The first-order valence-corrected chi connectivity index (χ1v) is 23.9. The second-order valence-corrected chi connectivity index (χ2v) is 24.1. The lowest BCUT2D eigenvalue weighted by atomic mass is 10.4. The molecule has 0 aromatic heterocycles. The molecule has 218 valence electrons. The molecule has 0 saturated heterocycles. The average Bonchev–Trinajstić information content (AvgIpc) is 2.82. The number of hydrogen-bond acceptors (Lipinski definition) is 3. The molecule has 0 aliphatic carbocycles. The molecule has 0 aliphatic heterocycles. The third-order valence-corrected chi connectivity index (χ3v) is 23.0. The molecule has 0 rings (SSSR count). The summed E-state index contributed by atoms with van der Waals surface area (Å²) in [7, 11) is -5.23. The molecule has 0 amide bonds. The Morgan fingerprint density at radius 2 is 0.583 bits per heavy atom. The summed E-state index contributed by atoms with van der Waals surface area (Å²) in [6.07, 6.45) is 11.3. The standard InChI is InChI=1S/C30H68O3Si3/c1-10-19-34(20-11-2,21-12-3)31-28-30(33-36(25-16-7,26-17-8)27-18-9)29-32-35(22-13-4,23-14-5)24-15-6/h30H,10-29H2,1-9H3. The fourth-order valence-corrected chi connectivity index (χ4v) is 20.4. The maximum Gasteiger partial charge on any atom is 0.193 e. The van der Waals surface area contributed by atoms with Crippen LogP contribution < -0.4 is 0 Å². The predicted molar refractivity (Wildman–Crippen MR) is 170 cm³/mol. The van der Waals surface area contributed by atoms with Crippen LogP contribution in [0, 0.1) is 0 Å². The molecule has 0 aromatic carbocycles. The summed E-state index contributed by atoms with van der Waals surface area (Å²) < 4.78 is 21.6. The minimum Gasteiger partial charge on any atom is -0.414 e. The molecule has 0 N–H and O–H groups in total. The molecule has 0 bridgehead atoms. The molecule has 0 spiro atoms. The molecular weight excluding hydrogens is 493 g/mol. The summed E-state index contributed by atoms with van der Waals surface area (Å²) in [6, 6.07) is 11.6. The van der Waals surface area contributed by atoms with Crippen LogP contribution >= 0.6 is 0 Å². The highest BCUT2D eigenvalue weighted by Crippen LogP contribution is 2.33. The second-order valence-electron chi connectivity index (χ2n) is 11.7. The Balaban J connectivity index is 6.03. The van der Waals surface area contributed by atoms with E-state index in [2.05, 4.69) is 62.3 Å². The van der Waals surface area contributed by atoms with Crippen LogP contribution in [-0.4, -0.2) is 44.3 Å². The molecule has 36 heavy (non-hydrogen) atoms. The molecule has 6 heteroatoms. The monoisotopic (exact) mass is 560 g/mol. The van der Waals surface area contributed by atoms with Gasteiger partial charge in [0.25, 0.3) is 0 Å². The molecule has 0 fully saturated rings. The van der Waals surface area contributed by atoms with Crippen LogP contribution in [0.25, 0.3) is 0 Å². The van der Waals surface area contributed by atoms with Crippen molar-refractivity contribution in [3.05, 3.63) is 0 Å². The van der Waals surface area contributed by atoms with Crippen LogP contribution in [0.1, 0.15) is 120 Å². The zero-order valence-corrected chi connectivity index (χ0v) is 29.4. The fraction of sp³-hybridized carbons (Fsp3) is 1.00. The zero-order chi connectivity index (χ0) is 27.3. The first-order chi connectivity index (χ1) is 17.3. The zero-order valence-electron chi connectivity index (χ0n) is 26.4. The van der Waals surface area contributed by atoms with Gasteiger partial charge in [-0.2, -0.15) is 0 Å². The van der Waals surface area contributed by atoms with E-state index in [4.69, 9.17) is 13.3 Å². The molecule has 0 aromatic rings. The van der Waals surface area contributed by atoms with Gasteiger partial charge in [-0.25, -0.2) is 0 Å². The Hall–Kier alpha value is 0.531. The molecule has 0 unspecified atom stereocenters. The van der Waals surface area contributed by atoms with Crippen molar-refractivity contribution < 1.29 is 13.3 Å². The summed E-state index contributed by atoms with van der Waals surface area (Å²) in [6.45, 7) is 22.6. The summed E-state index contributed by atoms with van der Waals surface area (Å²) in [5, 5.41) is 0. The van der Waals surface area contributed by atoms with Crippen molar-refractivity contribution in [1.82, 2.24) is 0 Å². The normalized spacial score (nSPS) is 13.2. The second kappa shape index (κ2) is 21.4. The fourth-order valence-electron chi connectivity index (χ4n) is 6.84. The van der Waals surface area contributed by atoms with Gasteiger partial charge in [-0.05, 0) is 54.4 Å². The Labute approximate surface area is 231 Å². The van der Waals surface area contributed by atoms with E-state index >= 15 is 0 Å². The van der Waals surface area contributed by atoms with Crippen LogP contribution in [0.2, 0.25) is 54.4 Å². The Kier molecular flexibility index (Phi) is 21.7. The smallest absolute Gasteiger partial charge is 0.193 e. The average molecular weight is 561 g/mol. The Bertz CT molecular complexity index is 423. The van der Waals surface area contributed by atoms with Crippen LogP contribution in [0.4, 0.5) is 0 Å². The van der Waals surface area contributed by atoms with Gasteiger partial charge in [0.15, 0.2) is 25.0 Å². The lowest BCUT2D eigenvalue weighted by Crippen LogP contribution is -2.49. The van der Waals surface area contributed by atoms with Gasteiger partial charge in [0.05, 0.1) is 19.3 Å². The number of hydrogen-bond donors (Lipinski definition) is 0. The van der Waals surface area contributed by atoms with Crippen molar-refractivity contribution in [2.24, 2.45) is 0 Å². The van der Waals surface area contributed by atoms with E-state index in [1.165, 1.54) is 112 Å². The van der Waals surface area contributed by atoms with E-state index in [1.807, 2.05) is 0 Å². The molecule has 3 nitrogen and oxygen atoms in total. The number of rotatable bonds is 26. The van der Waals surface area contributed by atoms with Crippen molar-refractivity contribution >= 4 is 25.0 Å². The molecule has 0 saturated carbocycles. The molecule has 0 heterocycles. The van der Waals surface area contributed by atoms with Crippen LogP contribution in [0.15, 0.2) is 0 Å². The van der Waals surface area contributed by atoms with Crippen molar-refractivity contribution in [3.63, 3.8) is 0 Å². The van der Waals surface area contributed by atoms with Gasteiger partial charge in [-0.3, -0.25) is 0 Å². The third kappa shape index (κ3) is 13.5. The lowest BCUT2D eigenvalue weighted by Gasteiger charge is -2.40. The summed E-state index contributed by atoms with van der Waals surface area (Å²) in [4.78, 5) is 0. The van der Waals surface area contributed by atoms with Gasteiger partial charge in [-0.15, -0.1) is 0 Å². The highest BCUT2D eigenvalue weighted by molar-refractivity contribution is 6.75. The van der Waals surface area contributed by atoms with Crippen molar-refractivity contribution in [2.45, 2.75) is 181 Å². The van der Waals surface area contributed by atoms with Crippen molar-refractivity contribution in [3.8, 4) is 0 Å². The van der Waals surface area contributed by atoms with Gasteiger partial charge in [0, 0.05) is 0 Å². The van der Waals surface area contributed by atoms with Gasteiger partial charge in [0.1, 0.15) is 0 Å². The van der Waals surface area contributed by atoms with Crippen LogP contribution in [0.5, 0.6) is 0 Å². The van der Waals surface area contributed by atoms with E-state index in [0.29, 0.717) is 0 Å². The topological polar surface area (TPSA) is 27.7 Å².